The number of carbonyl (C=O) groups is 2. The van der Waals surface area contributed by atoms with Crippen LogP contribution in [-0.2, 0) is 9.53 Å². The fourth-order valence-electron chi connectivity index (χ4n) is 2.42. The number of rotatable bonds is 10. The number of carboxylic acid groups (broad SMARTS) is 1. The van der Waals surface area contributed by atoms with Gasteiger partial charge in [0.15, 0.2) is 5.69 Å². The average Bonchev–Trinajstić information content (AvgIpc) is 3.14. The molecule has 0 aliphatic heterocycles. The highest BCUT2D eigenvalue weighted by atomic mass is 16.5. The molecule has 2 aromatic rings. The van der Waals surface area contributed by atoms with Gasteiger partial charge in [-0.25, -0.2) is 4.68 Å². The second-order valence-corrected chi connectivity index (χ2v) is 5.92. The fourth-order valence-corrected chi connectivity index (χ4v) is 2.42. The smallest absolute Gasteiger partial charge is 0.308 e. The molecule has 8 nitrogen and oxygen atoms in total. The van der Waals surface area contributed by atoms with Crippen molar-refractivity contribution < 1.29 is 19.4 Å². The lowest BCUT2D eigenvalue weighted by molar-refractivity contribution is -0.141. The van der Waals surface area contributed by atoms with Crippen LogP contribution in [0.2, 0.25) is 0 Å². The normalized spacial score (nSPS) is 11.9. The maximum atomic E-state index is 12.8. The molecule has 26 heavy (non-hydrogen) atoms. The summed E-state index contributed by atoms with van der Waals surface area (Å²) in [6.45, 7) is 5.10. The van der Waals surface area contributed by atoms with Gasteiger partial charge in [-0.2, -0.15) is 0 Å². The van der Waals surface area contributed by atoms with E-state index in [1.54, 1.807) is 13.1 Å². The van der Waals surface area contributed by atoms with E-state index in [1.165, 1.54) is 9.58 Å². The molecule has 0 fully saturated rings. The summed E-state index contributed by atoms with van der Waals surface area (Å²) in [5.74, 6) is -1.95. The molecule has 0 bridgehead atoms. The van der Waals surface area contributed by atoms with Gasteiger partial charge >= 0.3 is 5.97 Å². The predicted molar refractivity (Wildman–Crippen MR) is 95.2 cm³/mol. The van der Waals surface area contributed by atoms with Crippen LogP contribution in [0.25, 0.3) is 5.69 Å². The molecule has 8 heteroatoms. The second kappa shape index (κ2) is 9.67. The molecule has 1 amide bonds. The van der Waals surface area contributed by atoms with Crippen LogP contribution in [-0.4, -0.2) is 63.2 Å². The van der Waals surface area contributed by atoms with Crippen LogP contribution in [0.4, 0.5) is 0 Å². The Hall–Kier alpha value is -2.74. The van der Waals surface area contributed by atoms with Gasteiger partial charge in [0, 0.05) is 26.3 Å². The van der Waals surface area contributed by atoms with E-state index in [1.807, 2.05) is 37.3 Å². The molecular formula is C18H24N4O4. The Morgan fingerprint density at radius 2 is 2.04 bits per heavy atom. The second-order valence-electron chi connectivity index (χ2n) is 5.92. The van der Waals surface area contributed by atoms with Gasteiger partial charge in [0.05, 0.1) is 17.8 Å². The zero-order chi connectivity index (χ0) is 18.9. The van der Waals surface area contributed by atoms with Crippen LogP contribution in [0.3, 0.4) is 0 Å². The lowest BCUT2D eigenvalue weighted by atomic mass is 10.1. The van der Waals surface area contributed by atoms with Crippen LogP contribution in [0, 0.1) is 5.92 Å². The van der Waals surface area contributed by atoms with Crippen molar-refractivity contribution in [1.29, 1.82) is 0 Å². The van der Waals surface area contributed by atoms with Crippen molar-refractivity contribution in [3.8, 4) is 5.69 Å². The summed E-state index contributed by atoms with van der Waals surface area (Å²) < 4.78 is 6.82. The average molecular weight is 360 g/mol. The number of carboxylic acids is 1. The summed E-state index contributed by atoms with van der Waals surface area (Å²) in [5.41, 5.74) is 0.976. The molecule has 1 unspecified atom stereocenters. The molecule has 0 saturated heterocycles. The van der Waals surface area contributed by atoms with E-state index in [2.05, 4.69) is 10.3 Å². The van der Waals surface area contributed by atoms with E-state index in [-0.39, 0.29) is 18.1 Å². The minimum Gasteiger partial charge on any atom is -0.481 e. The van der Waals surface area contributed by atoms with Crippen molar-refractivity contribution in [2.75, 3.05) is 26.3 Å². The lowest BCUT2D eigenvalue weighted by Crippen LogP contribution is -2.38. The monoisotopic (exact) mass is 360 g/mol. The molecule has 0 aliphatic carbocycles. The highest BCUT2D eigenvalue weighted by Gasteiger charge is 2.23. The summed E-state index contributed by atoms with van der Waals surface area (Å²) in [5, 5.41) is 17.1. The summed E-state index contributed by atoms with van der Waals surface area (Å²) in [4.78, 5) is 25.4. The molecular weight excluding hydrogens is 336 g/mol. The number of amides is 1. The van der Waals surface area contributed by atoms with Crippen molar-refractivity contribution in [3.63, 3.8) is 0 Å². The van der Waals surface area contributed by atoms with Crippen molar-refractivity contribution in [3.05, 3.63) is 42.2 Å². The van der Waals surface area contributed by atoms with Crippen LogP contribution >= 0.6 is 0 Å². The fraction of sp³-hybridized carbons (Fsp3) is 0.444. The minimum absolute atomic E-state index is 0.110. The number of para-hydroxylation sites is 1. The summed E-state index contributed by atoms with van der Waals surface area (Å²) in [7, 11) is 0. The van der Waals surface area contributed by atoms with Gasteiger partial charge in [-0.05, 0) is 25.5 Å². The van der Waals surface area contributed by atoms with Crippen LogP contribution < -0.4 is 0 Å². The zero-order valence-electron chi connectivity index (χ0n) is 15.0. The number of ether oxygens (including phenoxy) is 1. The third-order valence-electron chi connectivity index (χ3n) is 3.86. The third kappa shape index (κ3) is 5.38. The Kier molecular flexibility index (Phi) is 7.28. The molecule has 0 spiro atoms. The van der Waals surface area contributed by atoms with Crippen LogP contribution in [0.1, 0.15) is 30.8 Å². The first-order valence-corrected chi connectivity index (χ1v) is 8.60. The largest absolute Gasteiger partial charge is 0.481 e. The Morgan fingerprint density at radius 1 is 1.31 bits per heavy atom. The first kappa shape index (κ1) is 19.6. The number of aromatic nitrogens is 3. The highest BCUT2D eigenvalue weighted by Crippen LogP contribution is 2.10. The van der Waals surface area contributed by atoms with E-state index in [9.17, 15) is 9.59 Å². The molecule has 2 rings (SSSR count). The first-order chi connectivity index (χ1) is 12.5. The number of hydrogen-bond donors (Lipinski definition) is 1. The number of benzene rings is 1. The van der Waals surface area contributed by atoms with Gasteiger partial charge in [0.1, 0.15) is 0 Å². The minimum atomic E-state index is -0.944. The van der Waals surface area contributed by atoms with Gasteiger partial charge in [-0.3, -0.25) is 9.59 Å². The van der Waals surface area contributed by atoms with Crippen molar-refractivity contribution in [1.82, 2.24) is 19.9 Å². The maximum absolute atomic E-state index is 12.8. The summed E-state index contributed by atoms with van der Waals surface area (Å²) in [6, 6.07) is 9.34. The zero-order valence-corrected chi connectivity index (χ0v) is 15.0. The van der Waals surface area contributed by atoms with Gasteiger partial charge < -0.3 is 14.7 Å². The Morgan fingerprint density at radius 3 is 2.69 bits per heavy atom. The molecule has 0 radical (unpaired) electrons. The maximum Gasteiger partial charge on any atom is 0.308 e. The number of aliphatic carboxylic acids is 1. The summed E-state index contributed by atoms with van der Waals surface area (Å²) in [6.07, 6.45) is 2.18. The quantitative estimate of drug-likeness (QED) is 0.650. The molecule has 0 aliphatic rings. The third-order valence-corrected chi connectivity index (χ3v) is 3.86. The Labute approximate surface area is 152 Å². The highest BCUT2D eigenvalue weighted by molar-refractivity contribution is 5.92. The van der Waals surface area contributed by atoms with Gasteiger partial charge in [0.25, 0.3) is 5.91 Å². The SMILES string of the molecule is CCOCCCN(CC(C)C(=O)O)C(=O)c1cn(-c2ccccc2)nn1. The van der Waals surface area contributed by atoms with Crippen LogP contribution in [0.15, 0.2) is 36.5 Å². The molecule has 1 aromatic heterocycles. The van der Waals surface area contributed by atoms with Crippen molar-refractivity contribution in [2.24, 2.45) is 5.92 Å². The molecule has 1 atom stereocenters. The first-order valence-electron chi connectivity index (χ1n) is 8.60. The van der Waals surface area contributed by atoms with Crippen LogP contribution in [0.5, 0.6) is 0 Å². The molecule has 1 heterocycles. The van der Waals surface area contributed by atoms with E-state index in [4.69, 9.17) is 9.84 Å². The Bertz CT molecular complexity index is 717. The molecule has 1 N–H and O–H groups in total. The van der Waals surface area contributed by atoms with Crippen molar-refractivity contribution >= 4 is 11.9 Å². The predicted octanol–water partition coefficient (Wildman–Crippen LogP) is 1.86. The number of carbonyl (C=O) groups excluding carboxylic acids is 1. The number of nitrogens with zero attached hydrogens (tertiary/aromatic N) is 4. The molecule has 1 aromatic carbocycles. The van der Waals surface area contributed by atoms with E-state index in [0.717, 1.165) is 5.69 Å². The number of hydrogen-bond acceptors (Lipinski definition) is 5. The van der Waals surface area contributed by atoms with E-state index < -0.39 is 11.9 Å². The molecule has 140 valence electrons. The topological polar surface area (TPSA) is 97.6 Å². The van der Waals surface area contributed by atoms with E-state index >= 15 is 0 Å². The van der Waals surface area contributed by atoms with Gasteiger partial charge in [0.2, 0.25) is 0 Å². The lowest BCUT2D eigenvalue weighted by Gasteiger charge is -2.23. The standard InChI is InChI=1S/C18H24N4O4/c1-3-26-11-7-10-21(12-14(2)18(24)25)17(23)16-13-22(20-19-16)15-8-5-4-6-9-15/h4-6,8-9,13-14H,3,7,10-12H2,1-2H3,(H,24,25). The van der Waals surface area contributed by atoms with Crippen molar-refractivity contribution in [2.45, 2.75) is 20.3 Å². The van der Waals surface area contributed by atoms with Gasteiger partial charge in [-0.15, -0.1) is 5.10 Å². The van der Waals surface area contributed by atoms with Gasteiger partial charge in [-0.1, -0.05) is 30.3 Å². The Balaban J connectivity index is 2.11. The summed E-state index contributed by atoms with van der Waals surface area (Å²) >= 11 is 0. The van der Waals surface area contributed by atoms with E-state index in [0.29, 0.717) is 26.2 Å². The molecule has 0 saturated carbocycles.